The lowest BCUT2D eigenvalue weighted by Crippen LogP contribution is -2.49. The van der Waals surface area contributed by atoms with E-state index >= 15 is 0 Å². The zero-order valence-corrected chi connectivity index (χ0v) is 20.3. The van der Waals surface area contributed by atoms with Gasteiger partial charge in [-0.05, 0) is 64.0 Å². The summed E-state index contributed by atoms with van der Waals surface area (Å²) in [6, 6.07) is 0.561. The molecule has 3 saturated heterocycles. The van der Waals surface area contributed by atoms with Gasteiger partial charge in [-0.25, -0.2) is 0 Å². The van der Waals surface area contributed by atoms with E-state index < -0.39 is 0 Å². The van der Waals surface area contributed by atoms with Crippen LogP contribution in [0, 0.1) is 11.8 Å². The Bertz CT molecular complexity index is 594. The molecular formula is C24H45N5O3. The second-order valence-electron chi connectivity index (χ2n) is 10.1. The van der Waals surface area contributed by atoms with Gasteiger partial charge in [0.05, 0.1) is 12.8 Å². The number of nitrogens with one attached hydrogen (secondary N) is 4. The molecule has 0 radical (unpaired) electrons. The maximum Gasteiger partial charge on any atom is 0.253 e. The number of unbranched alkanes of at least 4 members (excludes halogenated alkanes) is 1. The molecule has 0 bridgehead atoms. The van der Waals surface area contributed by atoms with Crippen LogP contribution in [0.5, 0.6) is 0 Å². The van der Waals surface area contributed by atoms with Gasteiger partial charge in [-0.1, -0.05) is 26.7 Å². The van der Waals surface area contributed by atoms with E-state index in [0.29, 0.717) is 24.6 Å². The zero-order chi connectivity index (χ0) is 22.9. The van der Waals surface area contributed by atoms with Crippen LogP contribution < -0.4 is 21.3 Å². The van der Waals surface area contributed by atoms with Gasteiger partial charge in [-0.2, -0.15) is 0 Å². The maximum atomic E-state index is 12.9. The van der Waals surface area contributed by atoms with Crippen molar-refractivity contribution in [1.82, 2.24) is 26.2 Å². The first-order chi connectivity index (χ1) is 15.5. The normalized spacial score (nSPS) is 29.1. The molecule has 0 aliphatic carbocycles. The van der Waals surface area contributed by atoms with Crippen molar-refractivity contribution in [2.45, 2.75) is 89.4 Å². The van der Waals surface area contributed by atoms with Crippen molar-refractivity contribution in [2.24, 2.45) is 11.8 Å². The molecule has 184 valence electrons. The summed E-state index contributed by atoms with van der Waals surface area (Å²) in [6.45, 7) is 8.17. The van der Waals surface area contributed by atoms with Gasteiger partial charge >= 0.3 is 0 Å². The molecule has 32 heavy (non-hydrogen) atoms. The predicted octanol–water partition coefficient (Wildman–Crippen LogP) is 1.21. The van der Waals surface area contributed by atoms with Crippen molar-refractivity contribution in [3.63, 3.8) is 0 Å². The van der Waals surface area contributed by atoms with Crippen LogP contribution in [0.1, 0.15) is 65.2 Å². The van der Waals surface area contributed by atoms with Gasteiger partial charge in [0.15, 0.2) is 6.10 Å². The quantitative estimate of drug-likeness (QED) is 0.353. The fourth-order valence-corrected chi connectivity index (χ4v) is 5.34. The lowest BCUT2D eigenvalue weighted by Gasteiger charge is -2.34. The molecule has 3 aliphatic heterocycles. The molecule has 3 aliphatic rings. The molecule has 8 heteroatoms. The molecular weight excluding hydrogens is 406 g/mol. The van der Waals surface area contributed by atoms with Crippen LogP contribution in [0.4, 0.5) is 0 Å². The summed E-state index contributed by atoms with van der Waals surface area (Å²) in [5.41, 5.74) is 0. The molecule has 2 amide bonds. The molecule has 4 unspecified atom stereocenters. The van der Waals surface area contributed by atoms with Gasteiger partial charge in [-0.15, -0.1) is 0 Å². The number of hydrogen-bond donors (Lipinski definition) is 4. The number of amides is 2. The minimum atomic E-state index is -0.330. The predicted molar refractivity (Wildman–Crippen MR) is 126 cm³/mol. The highest BCUT2D eigenvalue weighted by Crippen LogP contribution is 2.25. The zero-order valence-electron chi connectivity index (χ0n) is 20.3. The Labute approximate surface area is 194 Å². The Kier molecular flexibility index (Phi) is 10.2. The van der Waals surface area contributed by atoms with E-state index in [1.165, 1.54) is 6.42 Å². The molecule has 0 aromatic carbocycles. The first kappa shape index (κ1) is 25.4. The fraction of sp³-hybridized carbons (Fsp3) is 0.917. The van der Waals surface area contributed by atoms with Crippen LogP contribution in [0.25, 0.3) is 0 Å². The van der Waals surface area contributed by atoms with E-state index in [2.05, 4.69) is 35.1 Å². The van der Waals surface area contributed by atoms with Gasteiger partial charge in [0, 0.05) is 31.7 Å². The third-order valence-electron chi connectivity index (χ3n) is 7.43. The molecule has 4 N–H and O–H groups in total. The SMILES string of the molecule is CNCCC1CCC(C(=O)NCCCCC2CCN(C(=O)C3OCNC3C(C)C)CC2)N1. The number of piperidine rings is 1. The van der Waals surface area contributed by atoms with Crippen molar-refractivity contribution in [2.75, 3.05) is 40.0 Å². The Balaban J connectivity index is 1.24. The van der Waals surface area contributed by atoms with Crippen molar-refractivity contribution in [1.29, 1.82) is 0 Å². The van der Waals surface area contributed by atoms with Gasteiger partial charge in [0.2, 0.25) is 5.91 Å². The van der Waals surface area contributed by atoms with Crippen LogP contribution in [-0.4, -0.2) is 80.9 Å². The summed E-state index contributed by atoms with van der Waals surface area (Å²) in [7, 11) is 1.97. The smallest absolute Gasteiger partial charge is 0.253 e. The Morgan fingerprint density at radius 2 is 1.84 bits per heavy atom. The van der Waals surface area contributed by atoms with Crippen molar-refractivity contribution < 1.29 is 14.3 Å². The average molecular weight is 452 g/mol. The summed E-state index contributed by atoms with van der Waals surface area (Å²) < 4.78 is 5.70. The monoisotopic (exact) mass is 451 g/mol. The Morgan fingerprint density at radius 3 is 2.56 bits per heavy atom. The summed E-state index contributed by atoms with van der Waals surface area (Å²) >= 11 is 0. The van der Waals surface area contributed by atoms with Crippen LogP contribution in [-0.2, 0) is 14.3 Å². The molecule has 3 fully saturated rings. The topological polar surface area (TPSA) is 94.7 Å². The van der Waals surface area contributed by atoms with Gasteiger partial charge in [0.1, 0.15) is 0 Å². The molecule has 0 aromatic rings. The van der Waals surface area contributed by atoms with Crippen molar-refractivity contribution in [3.8, 4) is 0 Å². The number of nitrogens with zero attached hydrogens (tertiary/aromatic N) is 1. The number of hydrogen-bond acceptors (Lipinski definition) is 6. The number of carbonyl (C=O) groups excluding carboxylic acids is 2. The highest BCUT2D eigenvalue weighted by molar-refractivity contribution is 5.82. The van der Waals surface area contributed by atoms with E-state index in [0.717, 1.165) is 71.1 Å². The molecule has 4 atom stereocenters. The second-order valence-corrected chi connectivity index (χ2v) is 10.1. The molecule has 8 nitrogen and oxygen atoms in total. The number of carbonyl (C=O) groups is 2. The summed E-state index contributed by atoms with van der Waals surface area (Å²) in [5.74, 6) is 1.38. The number of likely N-dealkylation sites (tertiary alicyclic amines) is 1. The van der Waals surface area contributed by atoms with E-state index in [9.17, 15) is 9.59 Å². The number of rotatable bonds is 11. The first-order valence-electron chi connectivity index (χ1n) is 12.8. The standard InChI is InChI=1S/C24H45N5O3/c1-17(2)21-22(32-16-27-21)24(31)29-14-10-18(11-15-29)6-4-5-12-26-23(30)20-8-7-19(28-20)9-13-25-3/h17-22,25,27-28H,4-16H2,1-3H3,(H,26,30). The van der Waals surface area contributed by atoms with Crippen molar-refractivity contribution >= 4 is 11.8 Å². The highest BCUT2D eigenvalue weighted by Gasteiger charge is 2.39. The minimum Gasteiger partial charge on any atom is -0.355 e. The molecule has 0 saturated carbocycles. The first-order valence-corrected chi connectivity index (χ1v) is 12.8. The van der Waals surface area contributed by atoms with Crippen LogP contribution in [0.2, 0.25) is 0 Å². The second kappa shape index (κ2) is 12.9. The van der Waals surface area contributed by atoms with Crippen LogP contribution >= 0.6 is 0 Å². The van der Waals surface area contributed by atoms with Crippen molar-refractivity contribution in [3.05, 3.63) is 0 Å². The largest absolute Gasteiger partial charge is 0.355 e. The lowest BCUT2D eigenvalue weighted by atomic mass is 9.90. The van der Waals surface area contributed by atoms with E-state index in [-0.39, 0.29) is 30.0 Å². The van der Waals surface area contributed by atoms with Crippen LogP contribution in [0.15, 0.2) is 0 Å². The van der Waals surface area contributed by atoms with E-state index in [1.54, 1.807) is 0 Å². The number of ether oxygens (including phenoxy) is 1. The lowest BCUT2D eigenvalue weighted by molar-refractivity contribution is -0.143. The molecule has 0 spiro atoms. The highest BCUT2D eigenvalue weighted by atomic mass is 16.5. The third-order valence-corrected chi connectivity index (χ3v) is 7.43. The van der Waals surface area contributed by atoms with Crippen LogP contribution in [0.3, 0.4) is 0 Å². The minimum absolute atomic E-state index is 0.0203. The molecule has 3 heterocycles. The van der Waals surface area contributed by atoms with Gasteiger partial charge in [0.25, 0.3) is 5.91 Å². The summed E-state index contributed by atoms with van der Waals surface area (Å²) in [4.78, 5) is 27.2. The Morgan fingerprint density at radius 1 is 1.06 bits per heavy atom. The fourth-order valence-electron chi connectivity index (χ4n) is 5.34. The van der Waals surface area contributed by atoms with Gasteiger partial charge in [-0.3, -0.25) is 14.9 Å². The van der Waals surface area contributed by atoms with E-state index in [4.69, 9.17) is 4.74 Å². The average Bonchev–Trinajstić information content (AvgIpc) is 3.47. The maximum absolute atomic E-state index is 12.9. The molecule has 0 aromatic heterocycles. The summed E-state index contributed by atoms with van der Waals surface area (Å²) in [6.07, 6.45) is 8.26. The Hall–Kier alpha value is -1.22. The van der Waals surface area contributed by atoms with E-state index in [1.807, 2.05) is 11.9 Å². The van der Waals surface area contributed by atoms with Gasteiger partial charge < -0.3 is 25.6 Å². The summed E-state index contributed by atoms with van der Waals surface area (Å²) in [5, 5.41) is 13.1. The third kappa shape index (κ3) is 7.14. The molecule has 3 rings (SSSR count).